The number of unbranched alkanes of at least 4 members (excludes halogenated alkanes) is 1. The topological polar surface area (TPSA) is 64.4 Å². The van der Waals surface area contributed by atoms with Crippen molar-refractivity contribution in [2.24, 2.45) is 5.10 Å². The van der Waals surface area contributed by atoms with Crippen molar-refractivity contribution in [3.05, 3.63) is 58.6 Å². The molecule has 0 aliphatic rings. The zero-order valence-corrected chi connectivity index (χ0v) is 16.5. The van der Waals surface area contributed by atoms with Gasteiger partial charge in [0.25, 0.3) is 0 Å². The van der Waals surface area contributed by atoms with Crippen molar-refractivity contribution in [1.29, 1.82) is 0 Å². The van der Waals surface area contributed by atoms with Crippen LogP contribution in [0.4, 0.5) is 4.39 Å². The molecule has 0 bridgehead atoms. The molecule has 0 aliphatic heterocycles. The maximum atomic E-state index is 14.1. The molecule has 3 aromatic rings. The Kier molecular flexibility index (Phi) is 6.54. The maximum Gasteiger partial charge on any atom is 0.216 e. The number of methoxy groups -OCH3 is 1. The van der Waals surface area contributed by atoms with Gasteiger partial charge >= 0.3 is 0 Å². The van der Waals surface area contributed by atoms with Crippen LogP contribution in [0.15, 0.2) is 47.6 Å². The molecular formula is C20H21FN4O2S. The number of rotatable bonds is 8. The zero-order chi connectivity index (χ0) is 19.9. The van der Waals surface area contributed by atoms with Gasteiger partial charge in [-0.05, 0) is 54.5 Å². The van der Waals surface area contributed by atoms with Crippen LogP contribution < -0.4 is 9.47 Å². The van der Waals surface area contributed by atoms with Crippen molar-refractivity contribution in [3.8, 4) is 22.9 Å². The van der Waals surface area contributed by atoms with Crippen molar-refractivity contribution < 1.29 is 13.9 Å². The molecule has 0 amide bonds. The van der Waals surface area contributed by atoms with Crippen LogP contribution in [0.25, 0.3) is 11.4 Å². The quantitative estimate of drug-likeness (QED) is 0.335. The second-order valence-corrected chi connectivity index (χ2v) is 6.39. The van der Waals surface area contributed by atoms with Gasteiger partial charge in [0.2, 0.25) is 4.77 Å². The Balaban J connectivity index is 1.91. The number of halogens is 1. The predicted molar refractivity (Wildman–Crippen MR) is 109 cm³/mol. The van der Waals surface area contributed by atoms with Crippen molar-refractivity contribution in [3.63, 3.8) is 0 Å². The van der Waals surface area contributed by atoms with E-state index in [0.717, 1.165) is 18.4 Å². The molecule has 146 valence electrons. The van der Waals surface area contributed by atoms with Crippen LogP contribution in [0, 0.1) is 10.6 Å². The van der Waals surface area contributed by atoms with Crippen LogP contribution in [0.1, 0.15) is 25.3 Å². The highest BCUT2D eigenvalue weighted by atomic mass is 32.1. The summed E-state index contributed by atoms with van der Waals surface area (Å²) in [5, 5.41) is 11.1. The van der Waals surface area contributed by atoms with E-state index in [1.807, 2.05) is 18.2 Å². The minimum atomic E-state index is -0.399. The fourth-order valence-electron chi connectivity index (χ4n) is 2.55. The van der Waals surface area contributed by atoms with Gasteiger partial charge in [0.15, 0.2) is 17.3 Å². The monoisotopic (exact) mass is 400 g/mol. The minimum Gasteiger partial charge on any atom is -0.493 e. The Morgan fingerprint density at radius 1 is 1.25 bits per heavy atom. The van der Waals surface area contributed by atoms with E-state index in [4.69, 9.17) is 21.7 Å². The largest absolute Gasteiger partial charge is 0.493 e. The minimum absolute atomic E-state index is 0.266. The third-order valence-electron chi connectivity index (χ3n) is 4.03. The second-order valence-electron chi connectivity index (χ2n) is 6.00. The van der Waals surface area contributed by atoms with Crippen LogP contribution in [0.5, 0.6) is 11.5 Å². The van der Waals surface area contributed by atoms with E-state index >= 15 is 0 Å². The Bertz CT molecular complexity index is 1030. The highest BCUT2D eigenvalue weighted by molar-refractivity contribution is 7.71. The third-order valence-corrected chi connectivity index (χ3v) is 4.29. The summed E-state index contributed by atoms with van der Waals surface area (Å²) in [5.41, 5.74) is 1.10. The first kappa shape index (κ1) is 19.8. The molecule has 6 nitrogen and oxygen atoms in total. The van der Waals surface area contributed by atoms with Gasteiger partial charge in [-0.15, -0.1) is 0 Å². The van der Waals surface area contributed by atoms with Crippen molar-refractivity contribution in [1.82, 2.24) is 14.9 Å². The lowest BCUT2D eigenvalue weighted by Gasteiger charge is -2.11. The van der Waals surface area contributed by atoms with Crippen molar-refractivity contribution in [2.45, 2.75) is 19.8 Å². The fraction of sp³-hybridized carbons (Fsp3) is 0.250. The van der Waals surface area contributed by atoms with Crippen LogP contribution in [0.3, 0.4) is 0 Å². The van der Waals surface area contributed by atoms with E-state index in [0.29, 0.717) is 29.5 Å². The number of benzene rings is 2. The van der Waals surface area contributed by atoms with Crippen LogP contribution in [-0.2, 0) is 0 Å². The molecular weight excluding hydrogens is 379 g/mol. The van der Waals surface area contributed by atoms with E-state index in [1.165, 1.54) is 10.7 Å². The standard InChI is InChI=1S/C20H21FN4O2S/c1-3-4-11-27-18-12-14(9-10-17(18)26-2)13-22-25-19(23-24-20(25)28)15-7-5-6-8-16(15)21/h5-10,12-13H,3-4,11H2,1-2H3,(H,24,28)/b22-13-. The number of nitrogens with one attached hydrogen (secondary N) is 1. The lowest BCUT2D eigenvalue weighted by Crippen LogP contribution is -2.00. The van der Waals surface area contributed by atoms with Gasteiger partial charge in [-0.1, -0.05) is 25.5 Å². The van der Waals surface area contributed by atoms with Gasteiger partial charge in [0.05, 0.1) is 25.5 Å². The third kappa shape index (κ3) is 4.45. The van der Waals surface area contributed by atoms with Crippen molar-refractivity contribution in [2.75, 3.05) is 13.7 Å². The molecule has 1 heterocycles. The summed E-state index contributed by atoms with van der Waals surface area (Å²) in [4.78, 5) is 0. The van der Waals surface area contributed by atoms with Crippen molar-refractivity contribution >= 4 is 18.4 Å². The smallest absolute Gasteiger partial charge is 0.216 e. The Morgan fingerprint density at radius 3 is 2.82 bits per heavy atom. The second kappa shape index (κ2) is 9.27. The summed E-state index contributed by atoms with van der Waals surface area (Å²) in [5.74, 6) is 1.20. The number of nitrogens with zero attached hydrogens (tertiary/aromatic N) is 3. The van der Waals surface area contributed by atoms with Gasteiger partial charge in [-0.3, -0.25) is 0 Å². The van der Waals surface area contributed by atoms with E-state index in [1.54, 1.807) is 31.5 Å². The zero-order valence-electron chi connectivity index (χ0n) is 15.7. The van der Waals surface area contributed by atoms with Gasteiger partial charge in [0.1, 0.15) is 5.82 Å². The Morgan fingerprint density at radius 2 is 2.07 bits per heavy atom. The van der Waals surface area contributed by atoms with E-state index in [-0.39, 0.29) is 4.77 Å². The maximum absolute atomic E-state index is 14.1. The number of hydrogen-bond acceptors (Lipinski definition) is 5. The van der Waals surface area contributed by atoms with E-state index in [9.17, 15) is 4.39 Å². The summed E-state index contributed by atoms with van der Waals surface area (Å²) < 4.78 is 26.9. The van der Waals surface area contributed by atoms with Crippen LogP contribution in [0.2, 0.25) is 0 Å². The predicted octanol–water partition coefficient (Wildman–Crippen LogP) is 4.82. The van der Waals surface area contributed by atoms with Gasteiger partial charge in [0, 0.05) is 0 Å². The van der Waals surface area contributed by atoms with E-state index in [2.05, 4.69) is 22.2 Å². The summed E-state index contributed by atoms with van der Waals surface area (Å²) in [6, 6.07) is 11.8. The van der Waals surface area contributed by atoms with Gasteiger partial charge < -0.3 is 9.47 Å². The molecule has 0 radical (unpaired) electrons. The summed E-state index contributed by atoms with van der Waals surface area (Å²) in [6.45, 7) is 2.71. The molecule has 3 rings (SSSR count). The summed E-state index contributed by atoms with van der Waals surface area (Å²) in [7, 11) is 1.60. The number of hydrogen-bond donors (Lipinski definition) is 1. The molecule has 0 aliphatic carbocycles. The molecule has 2 aromatic carbocycles. The molecule has 0 atom stereocenters. The lowest BCUT2D eigenvalue weighted by molar-refractivity contribution is 0.288. The number of H-pyrrole nitrogens is 1. The first-order chi connectivity index (χ1) is 13.6. The average Bonchev–Trinajstić information content (AvgIpc) is 3.07. The Hall–Kier alpha value is -3.00. The number of ether oxygens (including phenoxy) is 2. The normalized spacial score (nSPS) is 11.1. The molecule has 0 unspecified atom stereocenters. The van der Waals surface area contributed by atoms with Crippen LogP contribution in [-0.4, -0.2) is 34.8 Å². The molecule has 0 fully saturated rings. The summed E-state index contributed by atoms with van der Waals surface area (Å²) >= 11 is 5.23. The van der Waals surface area contributed by atoms with Gasteiger partial charge in [-0.2, -0.15) is 14.9 Å². The molecule has 0 saturated carbocycles. The average molecular weight is 400 g/mol. The molecule has 0 saturated heterocycles. The SMILES string of the molecule is CCCCOc1cc(/C=N\n2c(-c3ccccc3F)n[nH]c2=S)ccc1OC. The lowest BCUT2D eigenvalue weighted by atomic mass is 10.2. The molecule has 28 heavy (non-hydrogen) atoms. The first-order valence-electron chi connectivity index (χ1n) is 8.91. The first-order valence-corrected chi connectivity index (χ1v) is 9.32. The molecule has 0 spiro atoms. The van der Waals surface area contributed by atoms with E-state index < -0.39 is 5.82 Å². The number of aromatic nitrogens is 3. The molecule has 1 N–H and O–H groups in total. The molecule has 8 heteroatoms. The van der Waals surface area contributed by atoms with Gasteiger partial charge in [-0.25, -0.2) is 9.49 Å². The Labute approximate surface area is 167 Å². The fourth-order valence-corrected chi connectivity index (χ4v) is 2.73. The van der Waals surface area contributed by atoms with Crippen LogP contribution >= 0.6 is 12.2 Å². The molecule has 1 aromatic heterocycles. The number of aromatic amines is 1. The summed E-state index contributed by atoms with van der Waals surface area (Å²) in [6.07, 6.45) is 3.61. The highest BCUT2D eigenvalue weighted by Crippen LogP contribution is 2.28. The highest BCUT2D eigenvalue weighted by Gasteiger charge is 2.12.